The molecule has 170 valence electrons. The van der Waals surface area contributed by atoms with Gasteiger partial charge in [0.15, 0.2) is 16.6 Å². The number of nitrogens with one attached hydrogen (secondary N) is 1. The van der Waals surface area contributed by atoms with E-state index >= 15 is 0 Å². The molecule has 0 aromatic heterocycles. The first-order valence-corrected chi connectivity index (χ1v) is 10.8. The van der Waals surface area contributed by atoms with Crippen molar-refractivity contribution in [1.82, 2.24) is 10.2 Å². The Morgan fingerprint density at radius 3 is 2.58 bits per heavy atom. The highest BCUT2D eigenvalue weighted by atomic mass is 79.9. The summed E-state index contributed by atoms with van der Waals surface area (Å²) in [4.78, 5) is 37.3. The number of carboxylic acids is 1. The quantitative estimate of drug-likeness (QED) is 0.232. The van der Waals surface area contributed by atoms with Crippen LogP contribution in [0.3, 0.4) is 0 Å². The summed E-state index contributed by atoms with van der Waals surface area (Å²) in [6, 6.07) is 9.63. The molecule has 0 spiro atoms. The number of carbonyl (C=O) groups excluding carboxylic acids is 2. The molecule has 1 heterocycles. The van der Waals surface area contributed by atoms with Crippen LogP contribution in [0.25, 0.3) is 6.08 Å². The molecule has 0 radical (unpaired) electrons. The van der Waals surface area contributed by atoms with Crippen LogP contribution < -0.4 is 14.8 Å². The smallest absolute Gasteiger partial charge is 0.335 e. The minimum atomic E-state index is -1.00. The van der Waals surface area contributed by atoms with E-state index in [0.29, 0.717) is 21.5 Å². The number of thiocarbonyl (C=S) groups is 1. The second-order valence-electron chi connectivity index (χ2n) is 6.85. The van der Waals surface area contributed by atoms with Crippen molar-refractivity contribution >= 4 is 57.1 Å². The van der Waals surface area contributed by atoms with Gasteiger partial charge < -0.3 is 14.6 Å². The van der Waals surface area contributed by atoms with Crippen molar-refractivity contribution in [2.45, 2.75) is 6.61 Å². The summed E-state index contributed by atoms with van der Waals surface area (Å²) in [6.07, 6.45) is 2.96. The molecule has 0 saturated carbocycles. The van der Waals surface area contributed by atoms with E-state index in [0.717, 1.165) is 5.56 Å². The lowest BCUT2D eigenvalue weighted by Gasteiger charge is -2.27. The summed E-state index contributed by atoms with van der Waals surface area (Å²) in [5.41, 5.74) is 1.40. The maximum Gasteiger partial charge on any atom is 0.335 e. The van der Waals surface area contributed by atoms with Gasteiger partial charge in [0.25, 0.3) is 11.8 Å². The van der Waals surface area contributed by atoms with Gasteiger partial charge in [0.05, 0.1) is 17.1 Å². The van der Waals surface area contributed by atoms with Crippen LogP contribution >= 0.6 is 28.1 Å². The van der Waals surface area contributed by atoms with Gasteiger partial charge in [-0.25, -0.2) is 4.79 Å². The van der Waals surface area contributed by atoms with Crippen molar-refractivity contribution in [1.29, 1.82) is 0 Å². The number of carbonyl (C=O) groups is 3. The minimum absolute atomic E-state index is 0.0287. The van der Waals surface area contributed by atoms with Crippen LogP contribution in [0.1, 0.15) is 21.5 Å². The molecule has 0 aliphatic carbocycles. The van der Waals surface area contributed by atoms with E-state index in [-0.39, 0.29) is 29.4 Å². The highest BCUT2D eigenvalue weighted by Crippen LogP contribution is 2.38. The van der Waals surface area contributed by atoms with E-state index in [1.807, 2.05) is 0 Å². The van der Waals surface area contributed by atoms with Gasteiger partial charge in [0.2, 0.25) is 0 Å². The molecule has 1 saturated heterocycles. The molecule has 0 atom stereocenters. The van der Waals surface area contributed by atoms with E-state index in [1.54, 1.807) is 24.3 Å². The number of aromatic carboxylic acids is 1. The average molecular weight is 531 g/mol. The van der Waals surface area contributed by atoms with Crippen LogP contribution in [0.15, 0.2) is 59.1 Å². The van der Waals surface area contributed by atoms with Gasteiger partial charge in [-0.1, -0.05) is 18.2 Å². The van der Waals surface area contributed by atoms with Crippen molar-refractivity contribution in [3.05, 3.63) is 75.8 Å². The van der Waals surface area contributed by atoms with Crippen molar-refractivity contribution < 1.29 is 29.0 Å². The van der Waals surface area contributed by atoms with Gasteiger partial charge in [0, 0.05) is 6.54 Å². The van der Waals surface area contributed by atoms with Gasteiger partial charge >= 0.3 is 5.97 Å². The van der Waals surface area contributed by atoms with Crippen molar-refractivity contribution in [2.24, 2.45) is 0 Å². The molecular formula is C23H19BrN2O6S. The molecule has 0 bridgehead atoms. The zero-order valence-corrected chi connectivity index (χ0v) is 19.9. The minimum Gasteiger partial charge on any atom is -0.493 e. The molecule has 0 unspecified atom stereocenters. The number of hydrogen-bond acceptors (Lipinski definition) is 6. The monoisotopic (exact) mass is 530 g/mol. The fraction of sp³-hybridized carbons (Fsp3) is 0.130. The standard InChI is InChI=1S/C23H19BrN2O6S/c1-3-8-26-21(28)16(20(27)25-23(26)33)9-14-10-17(24)19(18(11-14)31-2)32-12-13-4-6-15(7-5-13)22(29)30/h3-7,9-11H,1,8,12H2,2H3,(H,29,30)(H,25,27,33)/b16-9+. The Balaban J connectivity index is 1.85. The molecule has 33 heavy (non-hydrogen) atoms. The molecule has 1 aliphatic heterocycles. The van der Waals surface area contributed by atoms with Gasteiger partial charge in [0.1, 0.15) is 12.2 Å². The van der Waals surface area contributed by atoms with Gasteiger partial charge in [-0.3, -0.25) is 19.8 Å². The molecule has 2 aromatic rings. The summed E-state index contributed by atoms with van der Waals surface area (Å²) in [5, 5.41) is 11.5. The third kappa shape index (κ3) is 5.47. The first-order valence-electron chi connectivity index (χ1n) is 9.57. The number of hydrogen-bond donors (Lipinski definition) is 2. The fourth-order valence-electron chi connectivity index (χ4n) is 3.02. The lowest BCUT2D eigenvalue weighted by molar-refractivity contribution is -0.128. The third-order valence-electron chi connectivity index (χ3n) is 4.64. The molecule has 1 fully saturated rings. The fourth-order valence-corrected chi connectivity index (χ4v) is 3.84. The van der Waals surface area contributed by atoms with Crippen LogP contribution in [0.5, 0.6) is 11.5 Å². The van der Waals surface area contributed by atoms with Crippen LogP contribution in [0, 0.1) is 0 Å². The Morgan fingerprint density at radius 2 is 1.97 bits per heavy atom. The predicted octanol–water partition coefficient (Wildman–Crippen LogP) is 3.55. The van der Waals surface area contributed by atoms with Crippen LogP contribution in [-0.2, 0) is 16.2 Å². The molecule has 8 nitrogen and oxygen atoms in total. The molecule has 2 amide bonds. The molecule has 3 rings (SSSR count). The normalized spacial score (nSPS) is 14.8. The second kappa shape index (κ2) is 10.4. The topological polar surface area (TPSA) is 105 Å². The van der Waals surface area contributed by atoms with Crippen molar-refractivity contribution in [2.75, 3.05) is 13.7 Å². The number of ether oxygens (including phenoxy) is 2. The highest BCUT2D eigenvalue weighted by Gasteiger charge is 2.32. The Bertz CT molecular complexity index is 1180. The first-order chi connectivity index (χ1) is 15.7. The summed E-state index contributed by atoms with van der Waals surface area (Å²) in [6.45, 7) is 3.94. The number of carboxylic acid groups (broad SMARTS) is 1. The van der Waals surface area contributed by atoms with Crippen LogP contribution in [0.4, 0.5) is 0 Å². The number of methoxy groups -OCH3 is 1. The third-order valence-corrected chi connectivity index (χ3v) is 5.56. The van der Waals surface area contributed by atoms with Gasteiger partial charge in [-0.05, 0) is 69.6 Å². The maximum atomic E-state index is 12.7. The maximum absolute atomic E-state index is 12.7. The lowest BCUT2D eigenvalue weighted by Crippen LogP contribution is -2.53. The Hall–Kier alpha value is -3.50. The van der Waals surface area contributed by atoms with Gasteiger partial charge in [-0.2, -0.15) is 0 Å². The van der Waals surface area contributed by atoms with E-state index in [1.165, 1.54) is 36.3 Å². The first kappa shape index (κ1) is 24.1. The Labute approximate surface area is 203 Å². The van der Waals surface area contributed by atoms with Crippen molar-refractivity contribution in [3.8, 4) is 11.5 Å². The largest absolute Gasteiger partial charge is 0.493 e. The number of rotatable bonds is 8. The zero-order chi connectivity index (χ0) is 24.1. The zero-order valence-electron chi connectivity index (χ0n) is 17.5. The van der Waals surface area contributed by atoms with E-state index in [4.69, 9.17) is 26.8 Å². The molecule has 2 N–H and O–H groups in total. The van der Waals surface area contributed by atoms with E-state index in [9.17, 15) is 14.4 Å². The van der Waals surface area contributed by atoms with Crippen LogP contribution in [-0.4, -0.2) is 46.6 Å². The molecule has 10 heteroatoms. The summed E-state index contributed by atoms with van der Waals surface area (Å²) < 4.78 is 11.8. The summed E-state index contributed by atoms with van der Waals surface area (Å²) in [7, 11) is 1.47. The number of amides is 2. The molecular weight excluding hydrogens is 512 g/mol. The average Bonchev–Trinajstić information content (AvgIpc) is 2.78. The second-order valence-corrected chi connectivity index (χ2v) is 8.09. The Kier molecular flexibility index (Phi) is 7.62. The van der Waals surface area contributed by atoms with Crippen molar-refractivity contribution in [3.63, 3.8) is 0 Å². The number of halogens is 1. The van der Waals surface area contributed by atoms with Gasteiger partial charge in [-0.15, -0.1) is 6.58 Å². The predicted molar refractivity (Wildman–Crippen MR) is 129 cm³/mol. The molecule has 2 aromatic carbocycles. The lowest BCUT2D eigenvalue weighted by atomic mass is 10.1. The number of nitrogens with zero attached hydrogens (tertiary/aromatic N) is 1. The van der Waals surface area contributed by atoms with Crippen LogP contribution in [0.2, 0.25) is 0 Å². The van der Waals surface area contributed by atoms with E-state index in [2.05, 4.69) is 27.8 Å². The van der Waals surface area contributed by atoms with E-state index < -0.39 is 17.8 Å². The Morgan fingerprint density at radius 1 is 1.27 bits per heavy atom. The SMILES string of the molecule is C=CCN1C(=O)/C(=C/c2cc(Br)c(OCc3ccc(C(=O)O)cc3)c(OC)c2)C(=O)NC1=S. The number of benzene rings is 2. The highest BCUT2D eigenvalue weighted by molar-refractivity contribution is 9.10. The molecule has 1 aliphatic rings. The summed E-state index contributed by atoms with van der Waals surface area (Å²) in [5.74, 6) is -1.33. The summed E-state index contributed by atoms with van der Waals surface area (Å²) >= 11 is 8.50.